The van der Waals surface area contributed by atoms with Crippen LogP contribution in [-0.2, 0) is 16.0 Å². The van der Waals surface area contributed by atoms with Gasteiger partial charge in [-0.3, -0.25) is 0 Å². The number of nitrogens with one attached hydrogen (secondary N) is 3. The van der Waals surface area contributed by atoms with E-state index < -0.39 is 0 Å². The van der Waals surface area contributed by atoms with E-state index in [4.69, 9.17) is 24.7 Å². The van der Waals surface area contributed by atoms with Crippen LogP contribution in [-0.4, -0.2) is 74.7 Å². The molecule has 0 aliphatic carbocycles. The van der Waals surface area contributed by atoms with Crippen molar-refractivity contribution >= 4 is 17.8 Å². The zero-order valence-electron chi connectivity index (χ0n) is 19.3. The lowest BCUT2D eigenvalue weighted by molar-refractivity contribution is 0.0547. The number of benzene rings is 1. The van der Waals surface area contributed by atoms with Crippen LogP contribution in [0.5, 0.6) is 11.5 Å². The molecule has 0 unspecified atom stereocenters. The Labute approximate surface area is 189 Å². The first-order valence-electron chi connectivity index (χ1n) is 10.6. The number of nitrogens with two attached hydrogens (primary N) is 1. The van der Waals surface area contributed by atoms with E-state index >= 15 is 0 Å². The van der Waals surface area contributed by atoms with E-state index in [1.807, 2.05) is 32.0 Å². The van der Waals surface area contributed by atoms with Crippen molar-refractivity contribution in [3.8, 4) is 11.5 Å². The third-order valence-corrected chi connectivity index (χ3v) is 4.08. The smallest absolute Gasteiger partial charge is 0.229 e. The molecule has 11 heteroatoms. The minimum Gasteiger partial charge on any atom is -0.497 e. The van der Waals surface area contributed by atoms with Crippen molar-refractivity contribution in [2.45, 2.75) is 26.4 Å². The molecule has 5 N–H and O–H groups in total. The first-order chi connectivity index (χ1) is 15.5. The van der Waals surface area contributed by atoms with Crippen LogP contribution in [0.2, 0.25) is 0 Å². The highest BCUT2D eigenvalue weighted by atomic mass is 16.5. The lowest BCUT2D eigenvalue weighted by Crippen LogP contribution is -2.18. The van der Waals surface area contributed by atoms with Crippen molar-refractivity contribution in [2.24, 2.45) is 5.73 Å². The molecular weight excluding hydrogens is 414 g/mol. The highest BCUT2D eigenvalue weighted by Crippen LogP contribution is 2.23. The van der Waals surface area contributed by atoms with Crippen LogP contribution in [0.25, 0.3) is 0 Å². The van der Waals surface area contributed by atoms with Crippen molar-refractivity contribution in [3.05, 3.63) is 23.8 Å². The Morgan fingerprint density at radius 3 is 2.00 bits per heavy atom. The van der Waals surface area contributed by atoms with E-state index in [-0.39, 0.29) is 6.04 Å². The highest BCUT2D eigenvalue weighted by Gasteiger charge is 2.09. The molecule has 0 saturated heterocycles. The number of hydrogen-bond donors (Lipinski definition) is 4. The Morgan fingerprint density at radius 1 is 0.812 bits per heavy atom. The van der Waals surface area contributed by atoms with E-state index in [1.54, 1.807) is 14.2 Å². The van der Waals surface area contributed by atoms with E-state index in [9.17, 15) is 0 Å². The number of ether oxygens (including phenoxy) is 4. The summed E-state index contributed by atoms with van der Waals surface area (Å²) < 4.78 is 21.5. The number of anilines is 3. The molecule has 0 aliphatic heterocycles. The van der Waals surface area contributed by atoms with Crippen molar-refractivity contribution in [3.63, 3.8) is 0 Å². The average Bonchev–Trinajstić information content (AvgIpc) is 2.78. The monoisotopic (exact) mass is 449 g/mol. The van der Waals surface area contributed by atoms with Crippen molar-refractivity contribution < 1.29 is 18.9 Å². The quantitative estimate of drug-likeness (QED) is 0.279. The van der Waals surface area contributed by atoms with Gasteiger partial charge in [-0.05, 0) is 31.5 Å². The van der Waals surface area contributed by atoms with E-state index in [0.717, 1.165) is 17.1 Å². The molecule has 0 bridgehead atoms. The lowest BCUT2D eigenvalue weighted by Gasteiger charge is -2.13. The van der Waals surface area contributed by atoms with Gasteiger partial charge in [-0.15, -0.1) is 0 Å². The minimum absolute atomic E-state index is 0.178. The van der Waals surface area contributed by atoms with E-state index in [2.05, 4.69) is 30.9 Å². The van der Waals surface area contributed by atoms with Crippen LogP contribution in [0, 0.1) is 0 Å². The largest absolute Gasteiger partial charge is 0.497 e. The topological polar surface area (TPSA) is 138 Å². The van der Waals surface area contributed by atoms with Crippen LogP contribution in [0.1, 0.15) is 19.4 Å². The zero-order valence-corrected chi connectivity index (χ0v) is 19.3. The predicted octanol–water partition coefficient (Wildman–Crippen LogP) is 1.73. The van der Waals surface area contributed by atoms with Gasteiger partial charge >= 0.3 is 0 Å². The summed E-state index contributed by atoms with van der Waals surface area (Å²) >= 11 is 0. The normalized spacial score (nSPS) is 10.8. The molecular formula is C21H35N7O4. The maximum absolute atomic E-state index is 5.52. The van der Waals surface area contributed by atoms with Gasteiger partial charge in [-0.25, -0.2) is 0 Å². The Morgan fingerprint density at radius 2 is 1.41 bits per heavy atom. The van der Waals surface area contributed by atoms with Crippen molar-refractivity contribution in [1.82, 2.24) is 15.0 Å². The van der Waals surface area contributed by atoms with Gasteiger partial charge in [0.05, 0.1) is 40.6 Å². The van der Waals surface area contributed by atoms with Gasteiger partial charge in [-0.1, -0.05) is 0 Å². The zero-order chi connectivity index (χ0) is 23.2. The van der Waals surface area contributed by atoms with Crippen LogP contribution in [0.15, 0.2) is 18.2 Å². The molecule has 178 valence electrons. The predicted molar refractivity (Wildman–Crippen MR) is 125 cm³/mol. The van der Waals surface area contributed by atoms with Crippen LogP contribution in [0.4, 0.5) is 17.8 Å². The maximum Gasteiger partial charge on any atom is 0.229 e. The third kappa shape index (κ3) is 9.50. The molecule has 0 saturated carbocycles. The van der Waals surface area contributed by atoms with Gasteiger partial charge in [0.25, 0.3) is 0 Å². The van der Waals surface area contributed by atoms with Gasteiger partial charge < -0.3 is 40.6 Å². The molecule has 0 aliphatic rings. The third-order valence-electron chi connectivity index (χ3n) is 4.08. The fourth-order valence-electron chi connectivity index (χ4n) is 2.65. The minimum atomic E-state index is 0.178. The molecule has 1 heterocycles. The summed E-state index contributed by atoms with van der Waals surface area (Å²) in [4.78, 5) is 13.3. The summed E-state index contributed by atoms with van der Waals surface area (Å²) in [6.07, 6.45) is 0. The fraction of sp³-hybridized carbons (Fsp3) is 0.571. The Balaban J connectivity index is 1.96. The van der Waals surface area contributed by atoms with E-state index in [1.165, 1.54) is 0 Å². The number of hydrogen-bond acceptors (Lipinski definition) is 11. The van der Waals surface area contributed by atoms with Gasteiger partial charge in [0.2, 0.25) is 17.8 Å². The number of methoxy groups -OCH3 is 2. The van der Waals surface area contributed by atoms with Gasteiger partial charge in [-0.2, -0.15) is 15.0 Å². The number of nitrogens with zero attached hydrogens (tertiary/aromatic N) is 3. The summed E-state index contributed by atoms with van der Waals surface area (Å²) in [5, 5.41) is 9.61. The molecule has 0 fully saturated rings. The van der Waals surface area contributed by atoms with Crippen LogP contribution < -0.4 is 31.2 Å². The van der Waals surface area contributed by atoms with Crippen molar-refractivity contribution in [1.29, 1.82) is 0 Å². The lowest BCUT2D eigenvalue weighted by atomic mass is 10.2. The van der Waals surface area contributed by atoms with Gasteiger partial charge in [0.1, 0.15) is 11.5 Å². The second-order valence-electron chi connectivity index (χ2n) is 7.12. The first kappa shape index (κ1) is 25.4. The molecule has 11 nitrogen and oxygen atoms in total. The van der Waals surface area contributed by atoms with E-state index in [0.29, 0.717) is 63.9 Å². The Hall–Kier alpha value is -2.89. The summed E-state index contributed by atoms with van der Waals surface area (Å²) in [6.45, 7) is 7.66. The Bertz CT molecular complexity index is 785. The summed E-state index contributed by atoms with van der Waals surface area (Å²) in [6, 6.07) is 5.86. The van der Waals surface area contributed by atoms with Gasteiger partial charge in [0, 0.05) is 31.7 Å². The molecule has 32 heavy (non-hydrogen) atoms. The first-order valence-corrected chi connectivity index (χ1v) is 10.6. The average molecular weight is 450 g/mol. The molecule has 0 amide bonds. The Kier molecular flexibility index (Phi) is 11.3. The van der Waals surface area contributed by atoms with Crippen LogP contribution >= 0.6 is 0 Å². The molecule has 0 atom stereocenters. The molecule has 1 aromatic heterocycles. The molecule has 0 spiro atoms. The highest BCUT2D eigenvalue weighted by molar-refractivity contribution is 5.44. The SMILES string of the molecule is COc1cc(CNc2nc(NCCOCCOCCN)nc(NC(C)C)n2)cc(OC)c1. The molecule has 1 aromatic carbocycles. The second kappa shape index (κ2) is 14.2. The van der Waals surface area contributed by atoms with Gasteiger partial charge in [0.15, 0.2) is 0 Å². The number of aromatic nitrogens is 3. The summed E-state index contributed by atoms with van der Waals surface area (Å²) in [5.41, 5.74) is 6.35. The van der Waals surface area contributed by atoms with Crippen LogP contribution in [0.3, 0.4) is 0 Å². The standard InChI is InChI=1S/C21H35N7O4/c1-15(2)25-21-27-19(23-6-8-32-10-9-31-7-5-22)26-20(28-21)24-14-16-11-17(29-3)13-18(12-16)30-4/h11-13,15H,5-10,14,22H2,1-4H3,(H3,23,24,25,26,27,28). The molecule has 2 aromatic rings. The second-order valence-corrected chi connectivity index (χ2v) is 7.12. The maximum atomic E-state index is 5.52. The molecule has 0 radical (unpaired) electrons. The van der Waals surface area contributed by atoms with Crippen molar-refractivity contribution in [2.75, 3.05) is 69.7 Å². The fourth-order valence-corrected chi connectivity index (χ4v) is 2.65. The summed E-state index contributed by atoms with van der Waals surface area (Å²) in [5.74, 6) is 2.82. The molecule has 2 rings (SSSR count). The summed E-state index contributed by atoms with van der Waals surface area (Å²) in [7, 11) is 3.24. The number of rotatable bonds is 16.